The minimum atomic E-state index is -0.915. The van der Waals surface area contributed by atoms with Crippen LogP contribution in [0.3, 0.4) is 0 Å². The van der Waals surface area contributed by atoms with Crippen LogP contribution in [0.1, 0.15) is 17.3 Å². The monoisotopic (exact) mass is 303 g/mol. The van der Waals surface area contributed by atoms with Gasteiger partial charge in [0.15, 0.2) is 0 Å². The number of hydrogen-bond donors (Lipinski definition) is 2. The van der Waals surface area contributed by atoms with E-state index >= 15 is 0 Å². The number of carboxylic acid groups (broad SMARTS) is 1. The van der Waals surface area contributed by atoms with Crippen molar-refractivity contribution < 1.29 is 9.90 Å². The Hall–Kier alpha value is -0.680. The number of carboxylic acids is 1. The SMILES string of the molecule is CSCC(C)Nc1cc(Br)cc(C(=O)O)c1. The molecule has 1 atom stereocenters. The summed E-state index contributed by atoms with van der Waals surface area (Å²) in [6, 6.07) is 5.42. The quantitative estimate of drug-likeness (QED) is 0.876. The van der Waals surface area contributed by atoms with E-state index in [4.69, 9.17) is 5.11 Å². The lowest BCUT2D eigenvalue weighted by atomic mass is 10.2. The molecule has 1 rings (SSSR count). The Kier molecular flexibility index (Phi) is 5.15. The van der Waals surface area contributed by atoms with E-state index in [0.717, 1.165) is 15.9 Å². The maximum absolute atomic E-state index is 10.9. The van der Waals surface area contributed by atoms with Crippen LogP contribution in [0.4, 0.5) is 5.69 Å². The highest BCUT2D eigenvalue weighted by Gasteiger charge is 2.07. The predicted octanol–water partition coefficient (Wildman–Crippen LogP) is 3.31. The molecule has 0 aliphatic carbocycles. The van der Waals surface area contributed by atoms with Crippen LogP contribution in [0.15, 0.2) is 22.7 Å². The summed E-state index contributed by atoms with van der Waals surface area (Å²) in [7, 11) is 0. The van der Waals surface area contributed by atoms with Crippen LogP contribution in [-0.4, -0.2) is 29.1 Å². The highest BCUT2D eigenvalue weighted by Crippen LogP contribution is 2.20. The van der Waals surface area contributed by atoms with Gasteiger partial charge in [0, 0.05) is 22.0 Å². The normalized spacial score (nSPS) is 12.2. The van der Waals surface area contributed by atoms with Gasteiger partial charge in [-0.1, -0.05) is 15.9 Å². The van der Waals surface area contributed by atoms with Crippen molar-refractivity contribution in [1.29, 1.82) is 0 Å². The van der Waals surface area contributed by atoms with Crippen LogP contribution in [-0.2, 0) is 0 Å². The zero-order valence-corrected chi connectivity index (χ0v) is 11.6. The molecule has 16 heavy (non-hydrogen) atoms. The fourth-order valence-electron chi connectivity index (χ4n) is 1.37. The molecule has 1 aromatic carbocycles. The summed E-state index contributed by atoms with van der Waals surface area (Å²) in [5.41, 5.74) is 1.11. The molecular formula is C11H14BrNO2S. The Balaban J connectivity index is 2.84. The van der Waals surface area contributed by atoms with Gasteiger partial charge in [-0.05, 0) is 31.4 Å². The van der Waals surface area contributed by atoms with Crippen LogP contribution >= 0.6 is 27.7 Å². The van der Waals surface area contributed by atoms with E-state index in [1.54, 1.807) is 23.9 Å². The molecule has 0 saturated carbocycles. The molecule has 0 amide bonds. The van der Waals surface area contributed by atoms with Crippen LogP contribution in [0.25, 0.3) is 0 Å². The third kappa shape index (κ3) is 4.06. The maximum atomic E-state index is 10.9. The van der Waals surface area contributed by atoms with E-state index in [1.165, 1.54) is 0 Å². The number of halogens is 1. The van der Waals surface area contributed by atoms with Gasteiger partial charge in [-0.25, -0.2) is 4.79 Å². The Morgan fingerprint density at radius 1 is 1.56 bits per heavy atom. The zero-order valence-electron chi connectivity index (χ0n) is 9.16. The zero-order chi connectivity index (χ0) is 12.1. The number of thioether (sulfide) groups is 1. The minimum absolute atomic E-state index is 0.285. The summed E-state index contributed by atoms with van der Waals surface area (Å²) in [5, 5.41) is 12.2. The predicted molar refractivity (Wildman–Crippen MR) is 72.6 cm³/mol. The van der Waals surface area contributed by atoms with Gasteiger partial charge in [0.2, 0.25) is 0 Å². The van der Waals surface area contributed by atoms with Crippen LogP contribution in [0.2, 0.25) is 0 Å². The number of anilines is 1. The fourth-order valence-corrected chi connectivity index (χ4v) is 2.45. The summed E-state index contributed by atoms with van der Waals surface area (Å²) in [5.74, 6) is 0.0661. The molecule has 0 radical (unpaired) electrons. The Morgan fingerprint density at radius 3 is 2.81 bits per heavy atom. The van der Waals surface area contributed by atoms with Gasteiger partial charge >= 0.3 is 5.97 Å². The number of carbonyl (C=O) groups is 1. The molecule has 0 aromatic heterocycles. The van der Waals surface area contributed by atoms with E-state index < -0.39 is 5.97 Å². The van der Waals surface area contributed by atoms with Gasteiger partial charge in [-0.3, -0.25) is 0 Å². The van der Waals surface area contributed by atoms with Gasteiger partial charge in [-0.15, -0.1) is 0 Å². The lowest BCUT2D eigenvalue weighted by Gasteiger charge is -2.14. The number of aromatic carboxylic acids is 1. The average molecular weight is 304 g/mol. The molecule has 0 saturated heterocycles. The lowest BCUT2D eigenvalue weighted by molar-refractivity contribution is 0.0697. The minimum Gasteiger partial charge on any atom is -0.478 e. The number of rotatable bonds is 5. The molecular weight excluding hydrogens is 290 g/mol. The van der Waals surface area contributed by atoms with Crippen LogP contribution < -0.4 is 5.32 Å². The van der Waals surface area contributed by atoms with Crippen molar-refractivity contribution in [1.82, 2.24) is 0 Å². The summed E-state index contributed by atoms with van der Waals surface area (Å²) < 4.78 is 0.770. The van der Waals surface area contributed by atoms with E-state index in [2.05, 4.69) is 28.2 Å². The standard InChI is InChI=1S/C11H14BrNO2S/c1-7(6-16-2)13-10-4-8(11(14)15)3-9(12)5-10/h3-5,7,13H,6H2,1-2H3,(H,14,15). The maximum Gasteiger partial charge on any atom is 0.335 e. The summed E-state index contributed by atoms with van der Waals surface area (Å²) >= 11 is 5.05. The molecule has 0 bridgehead atoms. The second-order valence-corrected chi connectivity index (χ2v) is 5.36. The largest absolute Gasteiger partial charge is 0.478 e. The first-order chi connectivity index (χ1) is 7.52. The molecule has 0 heterocycles. The highest BCUT2D eigenvalue weighted by atomic mass is 79.9. The van der Waals surface area contributed by atoms with Crippen molar-refractivity contribution >= 4 is 39.3 Å². The molecule has 0 aliphatic rings. The van der Waals surface area contributed by atoms with Crippen molar-refractivity contribution in [2.75, 3.05) is 17.3 Å². The Bertz CT molecular complexity index is 384. The van der Waals surface area contributed by atoms with Crippen molar-refractivity contribution in [3.05, 3.63) is 28.2 Å². The molecule has 0 aliphatic heterocycles. The van der Waals surface area contributed by atoms with E-state index in [1.807, 2.05) is 12.3 Å². The van der Waals surface area contributed by atoms with Gasteiger partial charge in [0.25, 0.3) is 0 Å². The first-order valence-electron chi connectivity index (χ1n) is 4.82. The first-order valence-corrected chi connectivity index (χ1v) is 7.01. The van der Waals surface area contributed by atoms with Crippen LogP contribution in [0.5, 0.6) is 0 Å². The molecule has 0 fully saturated rings. The second-order valence-electron chi connectivity index (χ2n) is 3.53. The fraction of sp³-hybridized carbons (Fsp3) is 0.364. The first kappa shape index (κ1) is 13.4. The summed E-state index contributed by atoms with van der Waals surface area (Å²) in [6.07, 6.45) is 2.04. The highest BCUT2D eigenvalue weighted by molar-refractivity contribution is 9.10. The lowest BCUT2D eigenvalue weighted by Crippen LogP contribution is -2.17. The second kappa shape index (κ2) is 6.15. The van der Waals surface area contributed by atoms with E-state index in [9.17, 15) is 4.79 Å². The van der Waals surface area contributed by atoms with Crippen LogP contribution in [0, 0.1) is 0 Å². The number of benzene rings is 1. The summed E-state index contributed by atoms with van der Waals surface area (Å²) in [4.78, 5) is 10.9. The van der Waals surface area contributed by atoms with Gasteiger partial charge in [0.1, 0.15) is 0 Å². The Morgan fingerprint density at radius 2 is 2.25 bits per heavy atom. The molecule has 1 aromatic rings. The van der Waals surface area contributed by atoms with Crippen molar-refractivity contribution in [2.24, 2.45) is 0 Å². The van der Waals surface area contributed by atoms with Gasteiger partial charge < -0.3 is 10.4 Å². The van der Waals surface area contributed by atoms with Gasteiger partial charge in [0.05, 0.1) is 5.56 Å². The number of nitrogens with one attached hydrogen (secondary N) is 1. The Labute approximate surface area is 108 Å². The number of hydrogen-bond acceptors (Lipinski definition) is 3. The molecule has 88 valence electrons. The van der Waals surface area contributed by atoms with Crippen molar-refractivity contribution in [3.63, 3.8) is 0 Å². The topological polar surface area (TPSA) is 49.3 Å². The van der Waals surface area contributed by atoms with Crippen molar-refractivity contribution in [2.45, 2.75) is 13.0 Å². The third-order valence-electron chi connectivity index (χ3n) is 1.97. The van der Waals surface area contributed by atoms with Gasteiger partial charge in [-0.2, -0.15) is 11.8 Å². The van der Waals surface area contributed by atoms with E-state index in [-0.39, 0.29) is 5.56 Å². The third-order valence-corrected chi connectivity index (χ3v) is 3.27. The smallest absolute Gasteiger partial charge is 0.335 e. The molecule has 3 nitrogen and oxygen atoms in total. The van der Waals surface area contributed by atoms with Crippen molar-refractivity contribution in [3.8, 4) is 0 Å². The van der Waals surface area contributed by atoms with E-state index in [0.29, 0.717) is 6.04 Å². The molecule has 1 unspecified atom stereocenters. The molecule has 5 heteroatoms. The average Bonchev–Trinajstić information content (AvgIpc) is 2.16. The molecule has 2 N–H and O–H groups in total. The molecule has 0 spiro atoms. The summed E-state index contributed by atoms with van der Waals surface area (Å²) in [6.45, 7) is 2.07.